The number of likely N-dealkylation sites (N-methyl/N-ethyl adjacent to an activating group) is 1. The van der Waals surface area contributed by atoms with Gasteiger partial charge in [0, 0.05) is 56.6 Å². The first-order valence-corrected chi connectivity index (χ1v) is 13.5. The number of ether oxygens (including phenoxy) is 1. The molecule has 3 aromatic heterocycles. The maximum atomic E-state index is 13.2. The summed E-state index contributed by atoms with van der Waals surface area (Å²) in [5.41, 5.74) is 4.98. The monoisotopic (exact) mass is 531 g/mol. The van der Waals surface area contributed by atoms with Gasteiger partial charge in [-0.25, -0.2) is 9.97 Å². The van der Waals surface area contributed by atoms with Gasteiger partial charge in [-0.1, -0.05) is 19.1 Å². The van der Waals surface area contributed by atoms with E-state index in [2.05, 4.69) is 42.4 Å². The number of hydrogen-bond donors (Lipinski definition) is 3. The Bertz CT molecular complexity index is 1450. The molecule has 1 aromatic carbocycles. The molecule has 0 spiro atoms. The maximum Gasteiger partial charge on any atom is 0.256 e. The van der Waals surface area contributed by atoms with E-state index in [1.54, 1.807) is 10.9 Å². The Morgan fingerprint density at radius 2 is 1.97 bits per heavy atom. The number of anilines is 3. The van der Waals surface area contributed by atoms with E-state index in [4.69, 9.17) is 9.72 Å². The lowest BCUT2D eigenvalue weighted by Gasteiger charge is -2.36. The second-order valence-electron chi connectivity index (χ2n) is 9.87. The third kappa shape index (κ3) is 5.59. The summed E-state index contributed by atoms with van der Waals surface area (Å²) in [6.07, 6.45) is 5.56. The second kappa shape index (κ2) is 11.4. The zero-order valence-corrected chi connectivity index (χ0v) is 23.3. The van der Waals surface area contributed by atoms with Crippen molar-refractivity contribution in [2.75, 3.05) is 50.0 Å². The molecule has 0 unspecified atom stereocenters. The van der Waals surface area contributed by atoms with Crippen LogP contribution >= 0.6 is 0 Å². The molecule has 0 radical (unpaired) electrons. The van der Waals surface area contributed by atoms with Crippen LogP contribution in [0.5, 0.6) is 5.88 Å². The van der Waals surface area contributed by atoms with Gasteiger partial charge < -0.3 is 25.3 Å². The van der Waals surface area contributed by atoms with Crippen LogP contribution in [0.3, 0.4) is 0 Å². The standard InChI is InChI=1S/C28H37N9O2/c1-6-36-11-13-37(14-12-36)19(4)26(38)31-22-10-8-9-20-21(16-29-25(20)22)24-18(3)15-30-28(33-24)32-23-17-35(5)34-27(23)39-7-2/h8-10,15-17,19,29H,6-7,11-14H2,1-5H3,(H,31,38)(H,30,32,33)/t19-/m1/s1. The molecule has 0 aliphatic carbocycles. The summed E-state index contributed by atoms with van der Waals surface area (Å²) in [6.45, 7) is 13.4. The molecule has 11 heteroatoms. The Hall–Kier alpha value is -3.96. The van der Waals surface area contributed by atoms with Crippen LogP contribution in [-0.2, 0) is 11.8 Å². The van der Waals surface area contributed by atoms with Crippen LogP contribution in [0.2, 0.25) is 0 Å². The molecule has 3 N–H and O–H groups in total. The average Bonchev–Trinajstić information content (AvgIpc) is 3.53. The van der Waals surface area contributed by atoms with Crippen molar-refractivity contribution in [1.82, 2.24) is 34.5 Å². The Kier molecular flexibility index (Phi) is 7.80. The Labute approximate surface area is 228 Å². The highest BCUT2D eigenvalue weighted by atomic mass is 16.5. The minimum atomic E-state index is -0.208. The van der Waals surface area contributed by atoms with Crippen molar-refractivity contribution in [2.24, 2.45) is 7.05 Å². The number of aryl methyl sites for hydroxylation is 2. The van der Waals surface area contributed by atoms with Gasteiger partial charge in [0.15, 0.2) is 0 Å². The summed E-state index contributed by atoms with van der Waals surface area (Å²) in [6, 6.07) is 5.72. The molecular weight excluding hydrogens is 494 g/mol. The minimum absolute atomic E-state index is 0.00475. The lowest BCUT2D eigenvalue weighted by molar-refractivity contribution is -0.121. The number of hydrogen-bond acceptors (Lipinski definition) is 8. The molecule has 11 nitrogen and oxygen atoms in total. The molecule has 1 aliphatic rings. The summed E-state index contributed by atoms with van der Waals surface area (Å²) in [7, 11) is 1.84. The number of piperazine rings is 1. The van der Waals surface area contributed by atoms with Gasteiger partial charge in [0.05, 0.1) is 35.7 Å². The minimum Gasteiger partial charge on any atom is -0.475 e. The van der Waals surface area contributed by atoms with Gasteiger partial charge in [-0.2, -0.15) is 0 Å². The number of benzene rings is 1. The van der Waals surface area contributed by atoms with E-state index >= 15 is 0 Å². The molecular formula is C28H37N9O2. The van der Waals surface area contributed by atoms with Crippen LogP contribution in [0.25, 0.3) is 22.2 Å². The summed E-state index contributed by atoms with van der Waals surface area (Å²) >= 11 is 0. The molecule has 1 atom stereocenters. The van der Waals surface area contributed by atoms with Crippen LogP contribution in [0.15, 0.2) is 36.8 Å². The third-order valence-electron chi connectivity index (χ3n) is 7.30. The number of amides is 1. The molecule has 5 rings (SSSR count). The van der Waals surface area contributed by atoms with Gasteiger partial charge in [0.25, 0.3) is 5.88 Å². The number of carbonyl (C=O) groups excluding carboxylic acids is 1. The van der Waals surface area contributed by atoms with E-state index in [1.807, 2.05) is 58.4 Å². The summed E-state index contributed by atoms with van der Waals surface area (Å²) in [4.78, 5) is 30.5. The largest absolute Gasteiger partial charge is 0.475 e. The number of aromatic amines is 1. The van der Waals surface area contributed by atoms with Crippen LogP contribution in [-0.4, -0.2) is 85.8 Å². The van der Waals surface area contributed by atoms with E-state index in [0.29, 0.717) is 24.1 Å². The van der Waals surface area contributed by atoms with E-state index in [0.717, 1.165) is 66.1 Å². The van der Waals surface area contributed by atoms with Crippen LogP contribution in [0, 0.1) is 6.92 Å². The third-order valence-corrected chi connectivity index (χ3v) is 7.30. The summed E-state index contributed by atoms with van der Waals surface area (Å²) < 4.78 is 7.31. The first kappa shape index (κ1) is 26.6. The fraction of sp³-hybridized carbons (Fsp3) is 0.429. The smallest absolute Gasteiger partial charge is 0.256 e. The number of fused-ring (bicyclic) bond motifs is 1. The number of nitrogens with zero attached hydrogens (tertiary/aromatic N) is 6. The van der Waals surface area contributed by atoms with Crippen LogP contribution in [0.4, 0.5) is 17.3 Å². The lowest BCUT2D eigenvalue weighted by atomic mass is 10.1. The predicted molar refractivity (Wildman–Crippen MR) is 154 cm³/mol. The van der Waals surface area contributed by atoms with Crippen molar-refractivity contribution < 1.29 is 9.53 Å². The molecule has 39 heavy (non-hydrogen) atoms. The van der Waals surface area contributed by atoms with E-state index in [-0.39, 0.29) is 11.9 Å². The SMILES string of the molecule is CCOc1nn(C)cc1Nc1ncc(C)c(-c2c[nH]c3c(NC(=O)[C@@H](C)N4CCN(CC)CC4)cccc23)n1. The topological polar surface area (TPSA) is 116 Å². The summed E-state index contributed by atoms with van der Waals surface area (Å²) in [5, 5.41) is 11.7. The summed E-state index contributed by atoms with van der Waals surface area (Å²) in [5.74, 6) is 0.940. The maximum absolute atomic E-state index is 13.2. The van der Waals surface area contributed by atoms with Crippen molar-refractivity contribution >= 4 is 34.1 Å². The van der Waals surface area contributed by atoms with Crippen molar-refractivity contribution in [1.29, 1.82) is 0 Å². The molecule has 1 fully saturated rings. The highest BCUT2D eigenvalue weighted by Crippen LogP contribution is 2.34. The molecule has 206 valence electrons. The van der Waals surface area contributed by atoms with Gasteiger partial charge in [0.2, 0.25) is 11.9 Å². The molecule has 1 saturated heterocycles. The number of carbonyl (C=O) groups is 1. The molecule has 4 heterocycles. The number of H-pyrrole nitrogens is 1. The lowest BCUT2D eigenvalue weighted by Crippen LogP contribution is -2.52. The van der Waals surface area contributed by atoms with Gasteiger partial charge in [-0.15, -0.1) is 5.10 Å². The quantitative estimate of drug-likeness (QED) is 0.299. The zero-order chi connectivity index (χ0) is 27.5. The van der Waals surface area contributed by atoms with E-state index in [1.165, 1.54) is 0 Å². The normalized spacial score (nSPS) is 15.4. The fourth-order valence-electron chi connectivity index (χ4n) is 5.02. The molecule has 1 aliphatic heterocycles. The predicted octanol–water partition coefficient (Wildman–Crippen LogP) is 3.77. The van der Waals surface area contributed by atoms with Crippen molar-refractivity contribution in [2.45, 2.75) is 33.7 Å². The van der Waals surface area contributed by atoms with Gasteiger partial charge in [0.1, 0.15) is 5.69 Å². The number of rotatable bonds is 9. The Morgan fingerprint density at radius 3 is 2.72 bits per heavy atom. The van der Waals surface area contributed by atoms with E-state index in [9.17, 15) is 4.79 Å². The average molecular weight is 532 g/mol. The van der Waals surface area contributed by atoms with Crippen LogP contribution in [0.1, 0.15) is 26.3 Å². The van der Waals surface area contributed by atoms with Gasteiger partial charge in [-0.3, -0.25) is 14.4 Å². The highest BCUT2D eigenvalue weighted by Gasteiger charge is 2.26. The second-order valence-corrected chi connectivity index (χ2v) is 9.87. The molecule has 0 bridgehead atoms. The Balaban J connectivity index is 1.38. The van der Waals surface area contributed by atoms with Crippen molar-refractivity contribution in [3.63, 3.8) is 0 Å². The van der Waals surface area contributed by atoms with Crippen molar-refractivity contribution in [3.8, 4) is 17.1 Å². The number of aromatic nitrogens is 5. The zero-order valence-electron chi connectivity index (χ0n) is 23.3. The number of nitrogens with one attached hydrogen (secondary N) is 3. The first-order valence-electron chi connectivity index (χ1n) is 13.5. The van der Waals surface area contributed by atoms with Crippen molar-refractivity contribution in [3.05, 3.63) is 42.4 Å². The number of para-hydroxylation sites is 1. The Morgan fingerprint density at radius 1 is 1.18 bits per heavy atom. The fourth-order valence-corrected chi connectivity index (χ4v) is 5.02. The van der Waals surface area contributed by atoms with Crippen LogP contribution < -0.4 is 15.4 Å². The van der Waals surface area contributed by atoms with E-state index < -0.39 is 0 Å². The highest BCUT2D eigenvalue weighted by molar-refractivity contribution is 6.06. The molecule has 1 amide bonds. The molecule has 0 saturated carbocycles. The van der Waals surface area contributed by atoms with Gasteiger partial charge in [-0.05, 0) is 38.9 Å². The first-order chi connectivity index (χ1) is 18.9. The molecule has 4 aromatic rings. The van der Waals surface area contributed by atoms with Gasteiger partial charge >= 0.3 is 0 Å².